The Bertz CT molecular complexity index is 185. The predicted molar refractivity (Wildman–Crippen MR) is 63.9 cm³/mol. The fourth-order valence-electron chi connectivity index (χ4n) is 1.46. The molecule has 0 aliphatic carbocycles. The molecule has 0 amide bonds. The first-order chi connectivity index (χ1) is 7.65. The third-order valence-corrected chi connectivity index (χ3v) is 2.75. The summed E-state index contributed by atoms with van der Waals surface area (Å²) in [6, 6.07) is -0.686. The lowest BCUT2D eigenvalue weighted by atomic mass is 10.0. The van der Waals surface area contributed by atoms with Crippen LogP contribution in [0.1, 0.15) is 46.0 Å². The SMILES string of the molecule is CCCCC(CC)COC(=O)C(N)CCO. The van der Waals surface area contributed by atoms with Gasteiger partial charge in [0.25, 0.3) is 0 Å². The number of carbonyl (C=O) groups excluding carboxylic acids is 1. The molecular weight excluding hydrogens is 206 g/mol. The Labute approximate surface area is 98.2 Å². The average molecular weight is 231 g/mol. The van der Waals surface area contributed by atoms with Crippen LogP contribution in [-0.2, 0) is 9.53 Å². The van der Waals surface area contributed by atoms with Crippen molar-refractivity contribution in [3.63, 3.8) is 0 Å². The first-order valence-corrected chi connectivity index (χ1v) is 6.18. The molecule has 0 aliphatic heterocycles. The molecule has 0 aliphatic rings. The van der Waals surface area contributed by atoms with Crippen molar-refractivity contribution >= 4 is 5.97 Å². The number of ether oxygens (including phenoxy) is 1. The van der Waals surface area contributed by atoms with Crippen LogP contribution in [0.3, 0.4) is 0 Å². The molecule has 2 atom stereocenters. The van der Waals surface area contributed by atoms with Crippen LogP contribution >= 0.6 is 0 Å². The molecule has 0 aromatic rings. The Morgan fingerprint density at radius 1 is 1.38 bits per heavy atom. The van der Waals surface area contributed by atoms with E-state index in [1.807, 2.05) is 0 Å². The summed E-state index contributed by atoms with van der Waals surface area (Å²) < 4.78 is 5.13. The van der Waals surface area contributed by atoms with E-state index in [2.05, 4.69) is 13.8 Å². The maximum absolute atomic E-state index is 11.4. The molecule has 4 heteroatoms. The Morgan fingerprint density at radius 2 is 2.06 bits per heavy atom. The highest BCUT2D eigenvalue weighted by Crippen LogP contribution is 2.13. The van der Waals surface area contributed by atoms with Gasteiger partial charge in [0.05, 0.1) is 6.61 Å². The van der Waals surface area contributed by atoms with E-state index in [0.717, 1.165) is 19.3 Å². The molecule has 0 heterocycles. The number of aliphatic hydroxyl groups is 1. The smallest absolute Gasteiger partial charge is 0.323 e. The minimum absolute atomic E-state index is 0.0801. The lowest BCUT2D eigenvalue weighted by Gasteiger charge is -2.16. The summed E-state index contributed by atoms with van der Waals surface area (Å²) in [5, 5.41) is 8.64. The Kier molecular flexibility index (Phi) is 9.24. The average Bonchev–Trinajstić information content (AvgIpc) is 2.29. The first-order valence-electron chi connectivity index (χ1n) is 6.18. The number of hydrogen-bond acceptors (Lipinski definition) is 4. The van der Waals surface area contributed by atoms with E-state index in [1.54, 1.807) is 0 Å². The topological polar surface area (TPSA) is 72.5 Å². The Hall–Kier alpha value is -0.610. The summed E-state index contributed by atoms with van der Waals surface area (Å²) >= 11 is 0. The van der Waals surface area contributed by atoms with E-state index in [0.29, 0.717) is 12.5 Å². The van der Waals surface area contributed by atoms with Crippen LogP contribution in [0.4, 0.5) is 0 Å². The van der Waals surface area contributed by atoms with E-state index in [9.17, 15) is 4.79 Å². The van der Waals surface area contributed by atoms with Crippen LogP contribution in [0.5, 0.6) is 0 Å². The van der Waals surface area contributed by atoms with Crippen LogP contribution in [0, 0.1) is 5.92 Å². The van der Waals surface area contributed by atoms with Crippen molar-refractivity contribution in [2.75, 3.05) is 13.2 Å². The van der Waals surface area contributed by atoms with Crippen LogP contribution in [0.2, 0.25) is 0 Å². The number of carbonyl (C=O) groups is 1. The minimum Gasteiger partial charge on any atom is -0.464 e. The highest BCUT2D eigenvalue weighted by Gasteiger charge is 2.16. The largest absolute Gasteiger partial charge is 0.464 e. The fraction of sp³-hybridized carbons (Fsp3) is 0.917. The molecular formula is C12H25NO3. The van der Waals surface area contributed by atoms with Crippen LogP contribution in [0.25, 0.3) is 0 Å². The van der Waals surface area contributed by atoms with Gasteiger partial charge >= 0.3 is 5.97 Å². The third-order valence-electron chi connectivity index (χ3n) is 2.75. The molecule has 0 saturated heterocycles. The molecule has 96 valence electrons. The van der Waals surface area contributed by atoms with Crippen LogP contribution in [0.15, 0.2) is 0 Å². The predicted octanol–water partition coefficient (Wildman–Crippen LogP) is 1.46. The summed E-state index contributed by atoms with van der Waals surface area (Å²) in [7, 11) is 0. The zero-order valence-corrected chi connectivity index (χ0v) is 10.4. The molecule has 2 unspecified atom stereocenters. The van der Waals surface area contributed by atoms with Gasteiger partial charge in [-0.2, -0.15) is 0 Å². The van der Waals surface area contributed by atoms with Gasteiger partial charge in [-0.1, -0.05) is 33.1 Å². The van der Waals surface area contributed by atoms with Gasteiger partial charge in [0.15, 0.2) is 0 Å². The minimum atomic E-state index is -0.686. The van der Waals surface area contributed by atoms with E-state index < -0.39 is 12.0 Å². The van der Waals surface area contributed by atoms with E-state index in [4.69, 9.17) is 15.6 Å². The number of hydrogen-bond donors (Lipinski definition) is 2. The highest BCUT2D eigenvalue weighted by atomic mass is 16.5. The van der Waals surface area contributed by atoms with Gasteiger partial charge in [-0.15, -0.1) is 0 Å². The van der Waals surface area contributed by atoms with Crippen LogP contribution in [-0.4, -0.2) is 30.3 Å². The number of rotatable bonds is 9. The van der Waals surface area contributed by atoms with Crippen molar-refractivity contribution in [3.8, 4) is 0 Å². The van der Waals surface area contributed by atoms with Crippen molar-refractivity contribution in [1.82, 2.24) is 0 Å². The molecule has 0 spiro atoms. The fourth-order valence-corrected chi connectivity index (χ4v) is 1.46. The molecule has 4 nitrogen and oxygen atoms in total. The number of unbranched alkanes of at least 4 members (excludes halogenated alkanes) is 1. The summed E-state index contributed by atoms with van der Waals surface area (Å²) in [4.78, 5) is 11.4. The first kappa shape index (κ1) is 15.4. The molecule has 0 aromatic heterocycles. The van der Waals surface area contributed by atoms with Crippen molar-refractivity contribution in [2.24, 2.45) is 11.7 Å². The Balaban J connectivity index is 3.78. The lowest BCUT2D eigenvalue weighted by Crippen LogP contribution is -2.34. The van der Waals surface area contributed by atoms with Crippen molar-refractivity contribution in [1.29, 1.82) is 0 Å². The molecule has 16 heavy (non-hydrogen) atoms. The molecule has 0 saturated carbocycles. The second-order valence-corrected chi connectivity index (χ2v) is 4.17. The van der Waals surface area contributed by atoms with Gasteiger partial charge in [0.2, 0.25) is 0 Å². The van der Waals surface area contributed by atoms with Gasteiger partial charge in [0, 0.05) is 6.61 Å². The Morgan fingerprint density at radius 3 is 2.56 bits per heavy atom. The van der Waals surface area contributed by atoms with Gasteiger partial charge in [-0.05, 0) is 18.8 Å². The van der Waals surface area contributed by atoms with E-state index >= 15 is 0 Å². The number of nitrogens with two attached hydrogens (primary N) is 1. The maximum atomic E-state index is 11.4. The second kappa shape index (κ2) is 9.60. The normalized spacial score (nSPS) is 14.5. The third kappa shape index (κ3) is 6.80. The van der Waals surface area contributed by atoms with Gasteiger partial charge in [-0.25, -0.2) is 0 Å². The lowest BCUT2D eigenvalue weighted by molar-refractivity contribution is -0.147. The summed E-state index contributed by atoms with van der Waals surface area (Å²) in [5.41, 5.74) is 5.52. The molecule has 0 fully saturated rings. The molecule has 3 N–H and O–H groups in total. The van der Waals surface area contributed by atoms with Crippen molar-refractivity contribution in [2.45, 2.75) is 52.0 Å². The number of esters is 1. The van der Waals surface area contributed by atoms with Crippen molar-refractivity contribution < 1.29 is 14.6 Å². The van der Waals surface area contributed by atoms with E-state index in [1.165, 1.54) is 6.42 Å². The van der Waals surface area contributed by atoms with Gasteiger partial charge in [-0.3, -0.25) is 4.79 Å². The highest BCUT2D eigenvalue weighted by molar-refractivity contribution is 5.75. The molecule has 0 rings (SSSR count). The summed E-state index contributed by atoms with van der Waals surface area (Å²) in [6.07, 6.45) is 4.70. The zero-order valence-electron chi connectivity index (χ0n) is 10.4. The van der Waals surface area contributed by atoms with Crippen LogP contribution < -0.4 is 5.73 Å². The van der Waals surface area contributed by atoms with Crippen molar-refractivity contribution in [3.05, 3.63) is 0 Å². The molecule has 0 aromatic carbocycles. The summed E-state index contributed by atoms with van der Waals surface area (Å²) in [6.45, 7) is 4.62. The second-order valence-electron chi connectivity index (χ2n) is 4.17. The standard InChI is InChI=1S/C12H25NO3/c1-3-5-6-10(4-2)9-16-12(15)11(13)7-8-14/h10-11,14H,3-9,13H2,1-2H3. The quantitative estimate of drug-likeness (QED) is 0.589. The monoisotopic (exact) mass is 231 g/mol. The molecule has 0 bridgehead atoms. The van der Waals surface area contributed by atoms with Gasteiger partial charge in [0.1, 0.15) is 6.04 Å². The van der Waals surface area contributed by atoms with E-state index in [-0.39, 0.29) is 13.0 Å². The summed E-state index contributed by atoms with van der Waals surface area (Å²) in [5.74, 6) is 0.0363. The zero-order chi connectivity index (χ0) is 12.4. The van der Waals surface area contributed by atoms with Gasteiger partial charge < -0.3 is 15.6 Å². The molecule has 0 radical (unpaired) electrons. The number of aliphatic hydroxyl groups excluding tert-OH is 1. The maximum Gasteiger partial charge on any atom is 0.323 e.